The molecule has 1 N–H and O–H groups in total. The van der Waals surface area contributed by atoms with Crippen molar-refractivity contribution in [3.8, 4) is 17.2 Å². The van der Waals surface area contributed by atoms with Gasteiger partial charge >= 0.3 is 0 Å². The predicted octanol–water partition coefficient (Wildman–Crippen LogP) is 3.83. The zero-order chi connectivity index (χ0) is 22.8. The lowest BCUT2D eigenvalue weighted by molar-refractivity contribution is -0.133. The van der Waals surface area contributed by atoms with Gasteiger partial charge in [0.2, 0.25) is 5.91 Å². The number of hydrogen-bond donors (Lipinski definition) is 1. The number of nitrogens with one attached hydrogen (secondary N) is 1. The van der Waals surface area contributed by atoms with Crippen LogP contribution in [0.25, 0.3) is 10.9 Å². The van der Waals surface area contributed by atoms with Crippen LogP contribution in [0.1, 0.15) is 42.5 Å². The fourth-order valence-electron chi connectivity index (χ4n) is 4.44. The van der Waals surface area contributed by atoms with E-state index in [-0.39, 0.29) is 11.5 Å². The van der Waals surface area contributed by atoms with Crippen molar-refractivity contribution in [1.29, 1.82) is 0 Å². The Kier molecular flexibility index (Phi) is 6.08. The van der Waals surface area contributed by atoms with E-state index in [1.54, 1.807) is 21.3 Å². The number of carbonyl (C=O) groups is 1. The van der Waals surface area contributed by atoms with Crippen molar-refractivity contribution >= 4 is 16.8 Å². The van der Waals surface area contributed by atoms with Gasteiger partial charge in [0.05, 0.1) is 27.4 Å². The Bertz CT molecular complexity index is 1220. The molecule has 7 nitrogen and oxygen atoms in total. The zero-order valence-corrected chi connectivity index (χ0v) is 18.9. The van der Waals surface area contributed by atoms with E-state index < -0.39 is 6.04 Å². The van der Waals surface area contributed by atoms with E-state index in [0.717, 1.165) is 22.9 Å². The van der Waals surface area contributed by atoms with Crippen molar-refractivity contribution in [3.63, 3.8) is 0 Å². The quantitative estimate of drug-likeness (QED) is 0.635. The van der Waals surface area contributed by atoms with Crippen LogP contribution in [-0.4, -0.2) is 43.7 Å². The minimum Gasteiger partial charge on any atom is -0.497 e. The van der Waals surface area contributed by atoms with Crippen LogP contribution >= 0.6 is 0 Å². The molecule has 32 heavy (non-hydrogen) atoms. The van der Waals surface area contributed by atoms with Gasteiger partial charge in [-0.3, -0.25) is 9.59 Å². The summed E-state index contributed by atoms with van der Waals surface area (Å²) in [6, 6.07) is 10.7. The van der Waals surface area contributed by atoms with Crippen LogP contribution < -0.4 is 19.8 Å². The highest BCUT2D eigenvalue weighted by atomic mass is 16.5. The van der Waals surface area contributed by atoms with E-state index in [9.17, 15) is 9.59 Å². The first kappa shape index (κ1) is 21.7. The second-order valence-electron chi connectivity index (χ2n) is 7.90. The maximum absolute atomic E-state index is 13.2. The van der Waals surface area contributed by atoms with Gasteiger partial charge in [0.25, 0.3) is 5.56 Å². The summed E-state index contributed by atoms with van der Waals surface area (Å²) >= 11 is 0. The number of aromatic nitrogens is 1. The number of hydrogen-bond acceptors (Lipinski definition) is 5. The number of rotatable bonds is 6. The number of carbonyl (C=O) groups excluding carboxylic acids is 1. The Morgan fingerprint density at radius 1 is 1.03 bits per heavy atom. The number of pyridine rings is 1. The summed E-state index contributed by atoms with van der Waals surface area (Å²) in [5, 5.41) is 0.842. The van der Waals surface area contributed by atoms with Crippen LogP contribution in [0.3, 0.4) is 0 Å². The molecule has 7 heteroatoms. The standard InChI is InChI=1S/C25H28N2O5/c1-5-6-23(28)27-10-9-15-13-21(31-3)22(32-4)14-18(15)24(27)19-12-16-11-17(30-2)7-8-20(16)26-25(19)29/h7-8,11-14,24H,5-6,9-10H2,1-4H3,(H,26,29). The predicted molar refractivity (Wildman–Crippen MR) is 123 cm³/mol. The maximum atomic E-state index is 13.2. The summed E-state index contributed by atoms with van der Waals surface area (Å²) in [6.45, 7) is 2.51. The topological polar surface area (TPSA) is 80.9 Å². The number of fused-ring (bicyclic) bond motifs is 2. The Labute approximate surface area is 186 Å². The van der Waals surface area contributed by atoms with E-state index >= 15 is 0 Å². The smallest absolute Gasteiger partial charge is 0.254 e. The number of amides is 1. The number of ether oxygens (including phenoxy) is 3. The second-order valence-corrected chi connectivity index (χ2v) is 7.90. The van der Waals surface area contributed by atoms with E-state index in [1.807, 2.05) is 48.2 Å². The average Bonchev–Trinajstić information content (AvgIpc) is 2.81. The molecule has 1 atom stereocenters. The number of aromatic amines is 1. The number of benzene rings is 2. The van der Waals surface area contributed by atoms with Gasteiger partial charge in [0, 0.05) is 29.4 Å². The third-order valence-electron chi connectivity index (χ3n) is 6.03. The van der Waals surface area contributed by atoms with E-state index in [1.165, 1.54) is 0 Å². The molecule has 4 rings (SSSR count). The number of H-pyrrole nitrogens is 1. The number of methoxy groups -OCH3 is 3. The molecule has 0 fully saturated rings. The summed E-state index contributed by atoms with van der Waals surface area (Å²) in [7, 11) is 4.79. The molecular weight excluding hydrogens is 408 g/mol. The normalized spacial score (nSPS) is 15.4. The molecule has 0 saturated heterocycles. The molecular formula is C25H28N2O5. The lowest BCUT2D eigenvalue weighted by Gasteiger charge is -2.38. The van der Waals surface area contributed by atoms with E-state index in [4.69, 9.17) is 14.2 Å². The molecule has 168 valence electrons. The molecule has 1 unspecified atom stereocenters. The Morgan fingerprint density at radius 3 is 2.47 bits per heavy atom. The van der Waals surface area contributed by atoms with Gasteiger partial charge in [-0.25, -0.2) is 0 Å². The van der Waals surface area contributed by atoms with E-state index in [0.29, 0.717) is 47.7 Å². The average molecular weight is 437 g/mol. The molecule has 1 amide bonds. The Balaban J connectivity index is 1.95. The third-order valence-corrected chi connectivity index (χ3v) is 6.03. The Hall–Kier alpha value is -3.48. The first-order valence-corrected chi connectivity index (χ1v) is 10.8. The fraction of sp³-hybridized carbons (Fsp3) is 0.360. The second kappa shape index (κ2) is 8.94. The van der Waals surface area contributed by atoms with Crippen molar-refractivity contribution < 1.29 is 19.0 Å². The SMILES string of the molecule is CCCC(=O)N1CCc2cc(OC)c(OC)cc2C1c1cc2cc(OC)ccc2[nH]c1=O. The van der Waals surface area contributed by atoms with Crippen LogP contribution in [0.4, 0.5) is 0 Å². The maximum Gasteiger partial charge on any atom is 0.254 e. The third kappa shape index (κ3) is 3.79. The van der Waals surface area contributed by atoms with Crippen LogP contribution in [0, 0.1) is 0 Å². The first-order valence-electron chi connectivity index (χ1n) is 10.8. The summed E-state index contributed by atoms with van der Waals surface area (Å²) < 4.78 is 16.4. The highest BCUT2D eigenvalue weighted by Crippen LogP contribution is 2.41. The van der Waals surface area contributed by atoms with Crippen LogP contribution in [0.5, 0.6) is 17.2 Å². The Morgan fingerprint density at radius 2 is 1.78 bits per heavy atom. The van der Waals surface area contributed by atoms with Crippen molar-refractivity contribution in [2.45, 2.75) is 32.2 Å². The van der Waals surface area contributed by atoms with Gasteiger partial charge in [0.1, 0.15) is 5.75 Å². The van der Waals surface area contributed by atoms with Crippen molar-refractivity contribution in [2.75, 3.05) is 27.9 Å². The molecule has 0 aliphatic carbocycles. The first-order chi connectivity index (χ1) is 15.5. The summed E-state index contributed by atoms with van der Waals surface area (Å²) in [5.74, 6) is 1.93. The van der Waals surface area contributed by atoms with Crippen LogP contribution in [0.2, 0.25) is 0 Å². The summed E-state index contributed by atoms with van der Waals surface area (Å²) in [6.07, 6.45) is 1.85. The van der Waals surface area contributed by atoms with Crippen molar-refractivity contribution in [1.82, 2.24) is 9.88 Å². The lowest BCUT2D eigenvalue weighted by Crippen LogP contribution is -2.42. The number of nitrogens with zero attached hydrogens (tertiary/aromatic N) is 1. The molecule has 0 radical (unpaired) electrons. The van der Waals surface area contributed by atoms with Gasteiger partial charge in [0.15, 0.2) is 11.5 Å². The van der Waals surface area contributed by atoms with Gasteiger partial charge < -0.3 is 24.1 Å². The summed E-state index contributed by atoms with van der Waals surface area (Å²) in [5.41, 5.74) is 2.94. The van der Waals surface area contributed by atoms with Crippen LogP contribution in [-0.2, 0) is 11.2 Å². The highest BCUT2D eigenvalue weighted by molar-refractivity contribution is 5.82. The monoisotopic (exact) mass is 436 g/mol. The van der Waals surface area contributed by atoms with Gasteiger partial charge in [-0.1, -0.05) is 6.92 Å². The molecule has 3 aromatic rings. The summed E-state index contributed by atoms with van der Waals surface area (Å²) in [4.78, 5) is 31.1. The molecule has 1 aliphatic heterocycles. The molecule has 2 heterocycles. The molecule has 0 saturated carbocycles. The molecule has 0 spiro atoms. The van der Waals surface area contributed by atoms with Crippen LogP contribution in [0.15, 0.2) is 41.2 Å². The van der Waals surface area contributed by atoms with Gasteiger partial charge in [-0.2, -0.15) is 0 Å². The lowest BCUT2D eigenvalue weighted by atomic mass is 9.87. The van der Waals surface area contributed by atoms with Gasteiger partial charge in [-0.05, 0) is 60.4 Å². The molecule has 2 aromatic carbocycles. The highest BCUT2D eigenvalue weighted by Gasteiger charge is 2.34. The van der Waals surface area contributed by atoms with E-state index in [2.05, 4.69) is 4.98 Å². The largest absolute Gasteiger partial charge is 0.497 e. The van der Waals surface area contributed by atoms with Gasteiger partial charge in [-0.15, -0.1) is 0 Å². The van der Waals surface area contributed by atoms with Crippen molar-refractivity contribution in [2.24, 2.45) is 0 Å². The minimum absolute atomic E-state index is 0.0306. The molecule has 0 bridgehead atoms. The molecule has 1 aliphatic rings. The minimum atomic E-state index is -0.517. The fourth-order valence-corrected chi connectivity index (χ4v) is 4.44. The van der Waals surface area contributed by atoms with Crippen molar-refractivity contribution in [3.05, 3.63) is 63.4 Å². The molecule has 1 aromatic heterocycles. The zero-order valence-electron chi connectivity index (χ0n) is 18.9.